The van der Waals surface area contributed by atoms with E-state index in [1.54, 1.807) is 17.3 Å². The van der Waals surface area contributed by atoms with Crippen LogP contribution < -0.4 is 10.9 Å². The number of likely N-dealkylation sites (tertiary alicyclic amines) is 1. The van der Waals surface area contributed by atoms with Crippen LogP contribution in [0.5, 0.6) is 0 Å². The fourth-order valence-electron chi connectivity index (χ4n) is 5.84. The van der Waals surface area contributed by atoms with E-state index in [0.29, 0.717) is 48.5 Å². The molecular weight excluding hydrogens is 635 g/mol. The molecule has 12 heteroatoms. The van der Waals surface area contributed by atoms with Crippen molar-refractivity contribution in [1.29, 1.82) is 0 Å². The third-order valence-electron chi connectivity index (χ3n) is 8.30. The molecule has 2 N–H and O–H groups in total. The fraction of sp³-hybridized carbons (Fsp3) is 0.364. The molecule has 0 spiro atoms. The Hall–Kier alpha value is -3.18. The van der Waals surface area contributed by atoms with E-state index in [-0.39, 0.29) is 36.9 Å². The second-order valence-corrected chi connectivity index (χ2v) is 11.9. The number of halogens is 3. The molecule has 6 rings (SSSR count). The van der Waals surface area contributed by atoms with E-state index in [1.165, 1.54) is 10.1 Å². The van der Waals surface area contributed by atoms with Gasteiger partial charge in [0.1, 0.15) is 11.3 Å². The molecule has 0 radical (unpaired) electrons. The standard InChI is InChI=1S/C33H37ClN6O3.2ClH/c1-3-14-35-19-23-6-8-24(9-7-23)31-29-30(37-38(31)2)32(41)40(22-36-29)21-33(42)12-15-39(16-13-33)20-26-11-10-25(18-27(26)34)28-5-4-17-43-28;;/h4-11,17-18,22,35,42H,3,12-16,19-21H2,1-2H3;2*1H. The van der Waals surface area contributed by atoms with Gasteiger partial charge in [-0.15, -0.1) is 24.8 Å². The lowest BCUT2D eigenvalue weighted by Gasteiger charge is -2.38. The van der Waals surface area contributed by atoms with Crippen LogP contribution in [-0.2, 0) is 26.7 Å². The van der Waals surface area contributed by atoms with E-state index in [0.717, 1.165) is 47.7 Å². The number of benzene rings is 2. The minimum Gasteiger partial charge on any atom is -0.464 e. The van der Waals surface area contributed by atoms with Crippen LogP contribution in [0, 0.1) is 0 Å². The van der Waals surface area contributed by atoms with Gasteiger partial charge in [0.15, 0.2) is 5.52 Å². The molecule has 2 aromatic carbocycles. The Morgan fingerprint density at radius 1 is 1.04 bits per heavy atom. The van der Waals surface area contributed by atoms with Gasteiger partial charge < -0.3 is 14.8 Å². The van der Waals surface area contributed by atoms with Crippen LogP contribution in [0.25, 0.3) is 33.6 Å². The summed E-state index contributed by atoms with van der Waals surface area (Å²) < 4.78 is 8.70. The van der Waals surface area contributed by atoms with Gasteiger partial charge in [0.25, 0.3) is 5.56 Å². The molecule has 1 fully saturated rings. The van der Waals surface area contributed by atoms with Gasteiger partial charge in [-0.1, -0.05) is 54.9 Å². The lowest BCUT2D eigenvalue weighted by molar-refractivity contribution is -0.0364. The Balaban J connectivity index is 0.00000230. The predicted molar refractivity (Wildman–Crippen MR) is 183 cm³/mol. The zero-order chi connectivity index (χ0) is 30.0. The molecule has 0 aliphatic carbocycles. The normalized spacial score (nSPS) is 14.7. The number of aryl methyl sites for hydroxylation is 1. The van der Waals surface area contributed by atoms with E-state index in [4.69, 9.17) is 16.0 Å². The molecule has 1 aliphatic heterocycles. The fourth-order valence-corrected chi connectivity index (χ4v) is 6.08. The molecule has 9 nitrogen and oxygen atoms in total. The van der Waals surface area contributed by atoms with Gasteiger partial charge in [0, 0.05) is 49.4 Å². The number of fused-ring (bicyclic) bond motifs is 1. The van der Waals surface area contributed by atoms with Gasteiger partial charge in [-0.2, -0.15) is 5.10 Å². The molecule has 0 bridgehead atoms. The Kier molecular flexibility index (Phi) is 11.5. The van der Waals surface area contributed by atoms with Crippen molar-refractivity contribution in [3.63, 3.8) is 0 Å². The van der Waals surface area contributed by atoms with Crippen LogP contribution in [0.2, 0.25) is 5.02 Å². The summed E-state index contributed by atoms with van der Waals surface area (Å²) in [5.41, 5.74) is 4.54. The van der Waals surface area contributed by atoms with Gasteiger partial charge in [-0.3, -0.25) is 18.9 Å². The maximum absolute atomic E-state index is 13.5. The first-order valence-corrected chi connectivity index (χ1v) is 15.2. The highest BCUT2D eigenvalue weighted by Gasteiger charge is 2.33. The number of hydrogen-bond acceptors (Lipinski definition) is 7. The van der Waals surface area contributed by atoms with Gasteiger partial charge in [-0.25, -0.2) is 4.98 Å². The molecule has 45 heavy (non-hydrogen) atoms. The van der Waals surface area contributed by atoms with Crippen molar-refractivity contribution in [2.45, 2.75) is 51.4 Å². The summed E-state index contributed by atoms with van der Waals surface area (Å²) in [5, 5.41) is 20.1. The summed E-state index contributed by atoms with van der Waals surface area (Å²) in [5.74, 6) is 0.783. The third-order valence-corrected chi connectivity index (χ3v) is 8.65. The zero-order valence-electron chi connectivity index (χ0n) is 25.4. The lowest BCUT2D eigenvalue weighted by Crippen LogP contribution is -2.47. The van der Waals surface area contributed by atoms with Crippen molar-refractivity contribution in [3.8, 4) is 22.6 Å². The highest BCUT2D eigenvalue weighted by molar-refractivity contribution is 6.31. The maximum Gasteiger partial charge on any atom is 0.281 e. The molecule has 3 aromatic heterocycles. The molecule has 0 unspecified atom stereocenters. The van der Waals surface area contributed by atoms with Crippen LogP contribution in [0.3, 0.4) is 0 Å². The van der Waals surface area contributed by atoms with Crippen molar-refractivity contribution in [3.05, 3.63) is 93.7 Å². The molecule has 240 valence electrons. The maximum atomic E-state index is 13.5. The first kappa shape index (κ1) is 34.7. The quantitative estimate of drug-likeness (QED) is 0.173. The molecular formula is C33H39Cl3N6O3. The van der Waals surface area contributed by atoms with Crippen molar-refractivity contribution < 1.29 is 9.52 Å². The van der Waals surface area contributed by atoms with Crippen LogP contribution >= 0.6 is 36.4 Å². The number of furan rings is 1. The minimum absolute atomic E-state index is 0. The summed E-state index contributed by atoms with van der Waals surface area (Å²) in [6, 6.07) is 18.0. The van der Waals surface area contributed by atoms with Gasteiger partial charge >= 0.3 is 0 Å². The Labute approximate surface area is 280 Å². The van der Waals surface area contributed by atoms with E-state index in [1.807, 2.05) is 49.5 Å². The van der Waals surface area contributed by atoms with Crippen LogP contribution in [0.4, 0.5) is 0 Å². The van der Waals surface area contributed by atoms with Gasteiger partial charge in [0.05, 0.1) is 30.4 Å². The summed E-state index contributed by atoms with van der Waals surface area (Å²) in [7, 11) is 1.83. The Morgan fingerprint density at radius 3 is 2.44 bits per heavy atom. The number of nitrogens with one attached hydrogen (secondary N) is 1. The highest BCUT2D eigenvalue weighted by Crippen LogP contribution is 2.30. The number of nitrogens with zero attached hydrogens (tertiary/aromatic N) is 5. The summed E-state index contributed by atoms with van der Waals surface area (Å²) in [6.45, 7) is 6.19. The topological polar surface area (TPSA) is 101 Å². The first-order chi connectivity index (χ1) is 20.8. The molecule has 1 saturated heterocycles. The van der Waals surface area contributed by atoms with Crippen LogP contribution in [0.15, 0.2) is 76.4 Å². The number of piperidine rings is 1. The molecule has 4 heterocycles. The minimum atomic E-state index is -1.01. The van der Waals surface area contributed by atoms with Gasteiger partial charge in [0.2, 0.25) is 0 Å². The number of rotatable bonds is 10. The van der Waals surface area contributed by atoms with Gasteiger partial charge in [-0.05, 0) is 55.1 Å². The number of aromatic nitrogens is 4. The zero-order valence-corrected chi connectivity index (χ0v) is 27.8. The Bertz CT molecular complexity index is 1760. The highest BCUT2D eigenvalue weighted by atomic mass is 35.5. The average Bonchev–Trinajstić information content (AvgIpc) is 3.66. The second-order valence-electron chi connectivity index (χ2n) is 11.5. The van der Waals surface area contributed by atoms with E-state index in [9.17, 15) is 9.90 Å². The predicted octanol–water partition coefficient (Wildman–Crippen LogP) is 6.08. The van der Waals surface area contributed by atoms with Crippen molar-refractivity contribution in [1.82, 2.24) is 29.5 Å². The monoisotopic (exact) mass is 672 g/mol. The largest absolute Gasteiger partial charge is 0.464 e. The molecule has 5 aromatic rings. The van der Waals surface area contributed by atoms with E-state index >= 15 is 0 Å². The lowest BCUT2D eigenvalue weighted by atomic mass is 9.91. The SMILES string of the molecule is CCCNCc1ccc(-c2c3ncn(CC4(O)CCN(Cc5ccc(-c6ccco6)cc5Cl)CC4)c(=O)c3nn2C)cc1.Cl.Cl. The number of hydrogen-bond donors (Lipinski definition) is 2. The smallest absolute Gasteiger partial charge is 0.281 e. The Morgan fingerprint density at radius 2 is 1.78 bits per heavy atom. The van der Waals surface area contributed by atoms with Crippen molar-refractivity contribution >= 4 is 47.4 Å². The summed E-state index contributed by atoms with van der Waals surface area (Å²) in [4.78, 5) is 20.4. The van der Waals surface area contributed by atoms with Crippen molar-refractivity contribution in [2.75, 3.05) is 19.6 Å². The number of aliphatic hydroxyl groups is 1. The van der Waals surface area contributed by atoms with E-state index in [2.05, 4.69) is 39.4 Å². The molecule has 1 aliphatic rings. The third kappa shape index (κ3) is 7.62. The second kappa shape index (κ2) is 14.9. The first-order valence-electron chi connectivity index (χ1n) is 14.8. The van der Waals surface area contributed by atoms with Crippen LogP contribution in [-0.4, -0.2) is 54.6 Å². The van der Waals surface area contributed by atoms with E-state index < -0.39 is 5.60 Å². The molecule has 0 atom stereocenters. The molecule has 0 saturated carbocycles. The van der Waals surface area contributed by atoms with Crippen molar-refractivity contribution in [2.24, 2.45) is 7.05 Å². The summed E-state index contributed by atoms with van der Waals surface area (Å²) >= 11 is 6.60. The average molecular weight is 674 g/mol. The molecule has 0 amide bonds. The summed E-state index contributed by atoms with van der Waals surface area (Å²) in [6.07, 6.45) is 5.36. The van der Waals surface area contributed by atoms with Crippen LogP contribution in [0.1, 0.15) is 37.3 Å².